The van der Waals surface area contributed by atoms with E-state index in [1.165, 1.54) is 12.1 Å². The van der Waals surface area contributed by atoms with Gasteiger partial charge in [0, 0.05) is 11.6 Å². The van der Waals surface area contributed by atoms with Crippen molar-refractivity contribution in [2.24, 2.45) is 0 Å². The number of halogens is 4. The van der Waals surface area contributed by atoms with Crippen LogP contribution in [0, 0.1) is 11.6 Å². The van der Waals surface area contributed by atoms with Gasteiger partial charge in [0.1, 0.15) is 17.4 Å². The summed E-state index contributed by atoms with van der Waals surface area (Å²) in [4.78, 5) is 0. The highest BCUT2D eigenvalue weighted by molar-refractivity contribution is 6.40. The van der Waals surface area contributed by atoms with E-state index in [9.17, 15) is 13.9 Å². The summed E-state index contributed by atoms with van der Waals surface area (Å²) in [7, 11) is 0. The predicted octanol–water partition coefficient (Wildman–Crippen LogP) is 4.64. The highest BCUT2D eigenvalue weighted by atomic mass is 35.5. The molecule has 0 aliphatic rings. The van der Waals surface area contributed by atoms with Crippen LogP contribution >= 0.6 is 23.2 Å². The normalized spacial score (nSPS) is 10.6. The molecule has 0 unspecified atom stereocenters. The van der Waals surface area contributed by atoms with Gasteiger partial charge in [-0.05, 0) is 29.8 Å². The third kappa shape index (κ3) is 2.35. The van der Waals surface area contributed by atoms with Crippen molar-refractivity contribution in [3.63, 3.8) is 0 Å². The smallest absolute Gasteiger partial charge is 0.134 e. The molecule has 0 bridgehead atoms. The maximum Gasteiger partial charge on any atom is 0.134 e. The number of rotatable bonds is 1. The largest absolute Gasteiger partial charge is 0.506 e. The molecule has 0 amide bonds. The lowest BCUT2D eigenvalue weighted by atomic mass is 10.0. The van der Waals surface area contributed by atoms with Crippen LogP contribution in [0.25, 0.3) is 11.1 Å². The molecule has 88 valence electrons. The quantitative estimate of drug-likeness (QED) is 0.803. The van der Waals surface area contributed by atoms with Crippen molar-refractivity contribution in [1.82, 2.24) is 0 Å². The van der Waals surface area contributed by atoms with E-state index in [0.717, 1.165) is 18.2 Å². The monoisotopic (exact) mass is 274 g/mol. The number of hydrogen-bond acceptors (Lipinski definition) is 1. The van der Waals surface area contributed by atoms with E-state index < -0.39 is 11.6 Å². The molecular formula is C12H6Cl2F2O. The second-order valence-electron chi connectivity index (χ2n) is 3.41. The van der Waals surface area contributed by atoms with Crippen molar-refractivity contribution < 1.29 is 13.9 Å². The summed E-state index contributed by atoms with van der Waals surface area (Å²) >= 11 is 11.8. The molecule has 0 spiro atoms. The summed E-state index contributed by atoms with van der Waals surface area (Å²) in [5.41, 5.74) is 0.375. The van der Waals surface area contributed by atoms with Gasteiger partial charge in [-0.1, -0.05) is 23.2 Å². The summed E-state index contributed by atoms with van der Waals surface area (Å²) < 4.78 is 26.2. The summed E-state index contributed by atoms with van der Waals surface area (Å²) in [5.74, 6) is -1.68. The molecule has 0 aromatic heterocycles. The minimum atomic E-state index is -0.740. The van der Waals surface area contributed by atoms with Gasteiger partial charge in [0.2, 0.25) is 0 Å². The molecule has 17 heavy (non-hydrogen) atoms. The van der Waals surface area contributed by atoms with E-state index in [0.29, 0.717) is 0 Å². The molecule has 0 aliphatic carbocycles. The van der Waals surface area contributed by atoms with Crippen LogP contribution < -0.4 is 0 Å². The Morgan fingerprint density at radius 1 is 0.941 bits per heavy atom. The van der Waals surface area contributed by atoms with E-state index in [1.54, 1.807) is 0 Å². The van der Waals surface area contributed by atoms with Crippen LogP contribution in [-0.2, 0) is 0 Å². The first-order chi connectivity index (χ1) is 7.99. The number of phenolic OH excluding ortho intramolecular Hbond substituents is 1. The lowest BCUT2D eigenvalue weighted by molar-refractivity contribution is 0.476. The van der Waals surface area contributed by atoms with Gasteiger partial charge in [0.05, 0.1) is 10.0 Å². The zero-order valence-electron chi connectivity index (χ0n) is 8.35. The van der Waals surface area contributed by atoms with Crippen molar-refractivity contribution in [3.8, 4) is 16.9 Å². The van der Waals surface area contributed by atoms with E-state index in [1.807, 2.05) is 0 Å². The number of aromatic hydroxyl groups is 1. The van der Waals surface area contributed by atoms with Crippen molar-refractivity contribution in [1.29, 1.82) is 0 Å². The minimum absolute atomic E-state index is 0.0394. The van der Waals surface area contributed by atoms with E-state index in [4.69, 9.17) is 23.2 Å². The Balaban J connectivity index is 2.72. The Morgan fingerprint density at radius 3 is 2.12 bits per heavy atom. The van der Waals surface area contributed by atoms with Crippen LogP contribution in [0.5, 0.6) is 5.75 Å². The Morgan fingerprint density at radius 2 is 1.53 bits per heavy atom. The first kappa shape index (κ1) is 12.1. The SMILES string of the molecule is Oc1ccc(Cl)c(-c2cc(F)cc(F)c2)c1Cl. The molecule has 2 aromatic rings. The van der Waals surface area contributed by atoms with Crippen molar-refractivity contribution in [3.05, 3.63) is 52.0 Å². The number of benzene rings is 2. The zero-order valence-corrected chi connectivity index (χ0v) is 9.86. The molecule has 0 fully saturated rings. The predicted molar refractivity (Wildman–Crippen MR) is 63.5 cm³/mol. The fourth-order valence-corrected chi connectivity index (χ4v) is 2.09. The van der Waals surface area contributed by atoms with Gasteiger partial charge in [-0.3, -0.25) is 0 Å². The van der Waals surface area contributed by atoms with Gasteiger partial charge in [0.25, 0.3) is 0 Å². The van der Waals surface area contributed by atoms with Crippen LogP contribution in [0.3, 0.4) is 0 Å². The zero-order chi connectivity index (χ0) is 12.6. The van der Waals surface area contributed by atoms with Crippen LogP contribution in [0.2, 0.25) is 10.0 Å². The Kier molecular flexibility index (Phi) is 3.22. The first-order valence-electron chi connectivity index (χ1n) is 4.62. The maximum atomic E-state index is 13.1. The van der Waals surface area contributed by atoms with Gasteiger partial charge >= 0.3 is 0 Å². The highest BCUT2D eigenvalue weighted by Crippen LogP contribution is 2.40. The second-order valence-corrected chi connectivity index (χ2v) is 4.20. The summed E-state index contributed by atoms with van der Waals surface area (Å²) in [6.45, 7) is 0. The van der Waals surface area contributed by atoms with Gasteiger partial charge in [-0.2, -0.15) is 0 Å². The summed E-state index contributed by atoms with van der Waals surface area (Å²) in [6.07, 6.45) is 0. The molecule has 0 heterocycles. The molecule has 2 rings (SSSR count). The topological polar surface area (TPSA) is 20.2 Å². The van der Waals surface area contributed by atoms with Crippen molar-refractivity contribution >= 4 is 23.2 Å². The molecule has 2 aromatic carbocycles. The molecule has 0 saturated carbocycles. The van der Waals surface area contributed by atoms with E-state index in [-0.39, 0.29) is 26.9 Å². The van der Waals surface area contributed by atoms with Gasteiger partial charge in [-0.25, -0.2) is 8.78 Å². The molecule has 1 nitrogen and oxygen atoms in total. The van der Waals surface area contributed by atoms with Crippen LogP contribution in [-0.4, -0.2) is 5.11 Å². The molecule has 0 saturated heterocycles. The molecule has 1 N–H and O–H groups in total. The van der Waals surface area contributed by atoms with Crippen LogP contribution in [0.1, 0.15) is 0 Å². The third-order valence-electron chi connectivity index (χ3n) is 2.22. The molecule has 0 aliphatic heterocycles. The fraction of sp³-hybridized carbons (Fsp3) is 0. The fourth-order valence-electron chi connectivity index (χ4n) is 1.50. The standard InChI is InChI=1S/C12H6Cl2F2O/c13-9-1-2-10(17)12(14)11(9)6-3-7(15)5-8(16)4-6/h1-5,17H. The molecule has 5 heteroatoms. The average molecular weight is 275 g/mol. The Bertz CT molecular complexity index is 565. The van der Waals surface area contributed by atoms with Crippen molar-refractivity contribution in [2.45, 2.75) is 0 Å². The third-order valence-corrected chi connectivity index (χ3v) is 2.92. The van der Waals surface area contributed by atoms with Gasteiger partial charge < -0.3 is 5.11 Å². The minimum Gasteiger partial charge on any atom is -0.506 e. The molecular weight excluding hydrogens is 269 g/mol. The van der Waals surface area contributed by atoms with Gasteiger partial charge in [0.15, 0.2) is 0 Å². The summed E-state index contributed by atoms with van der Waals surface area (Å²) in [6, 6.07) is 5.64. The summed E-state index contributed by atoms with van der Waals surface area (Å²) in [5, 5.41) is 9.61. The van der Waals surface area contributed by atoms with E-state index >= 15 is 0 Å². The average Bonchev–Trinajstić information content (AvgIpc) is 2.23. The Labute approximate surface area is 106 Å². The van der Waals surface area contributed by atoms with Crippen molar-refractivity contribution in [2.75, 3.05) is 0 Å². The number of hydrogen-bond donors (Lipinski definition) is 1. The van der Waals surface area contributed by atoms with Crippen LogP contribution in [0.15, 0.2) is 30.3 Å². The second kappa shape index (κ2) is 4.51. The Hall–Kier alpha value is -1.32. The lowest BCUT2D eigenvalue weighted by Gasteiger charge is -2.09. The molecule has 0 radical (unpaired) electrons. The maximum absolute atomic E-state index is 13.1. The van der Waals surface area contributed by atoms with Gasteiger partial charge in [-0.15, -0.1) is 0 Å². The molecule has 0 atom stereocenters. The van der Waals surface area contributed by atoms with Crippen LogP contribution in [0.4, 0.5) is 8.78 Å². The highest BCUT2D eigenvalue weighted by Gasteiger charge is 2.14. The van der Waals surface area contributed by atoms with E-state index in [2.05, 4.69) is 0 Å². The number of phenols is 1. The lowest BCUT2D eigenvalue weighted by Crippen LogP contribution is -1.87. The first-order valence-corrected chi connectivity index (χ1v) is 5.38.